The van der Waals surface area contributed by atoms with Gasteiger partial charge in [0.15, 0.2) is 6.61 Å². The van der Waals surface area contributed by atoms with Gasteiger partial charge in [-0.05, 0) is 121 Å². The van der Waals surface area contributed by atoms with Gasteiger partial charge < -0.3 is 47.3 Å². The van der Waals surface area contributed by atoms with Crippen molar-refractivity contribution in [3.63, 3.8) is 0 Å². The van der Waals surface area contributed by atoms with Crippen LogP contribution in [0.4, 0.5) is 0 Å². The van der Waals surface area contributed by atoms with Crippen LogP contribution in [0.2, 0.25) is 0 Å². The predicted octanol–water partition coefficient (Wildman–Crippen LogP) is 2.69. The van der Waals surface area contributed by atoms with Crippen molar-refractivity contribution < 1.29 is 43.7 Å². The number of aromatic hydroxyl groups is 1. The predicted molar refractivity (Wildman–Crippen MR) is 235 cm³/mol. The fourth-order valence-corrected chi connectivity index (χ4v) is 9.91. The molecule has 338 valence electrons. The largest absolute Gasteiger partial charge is 0.508 e. The Labute approximate surface area is 368 Å². The maximum absolute atomic E-state index is 13.5. The molecule has 15 nitrogen and oxygen atoms in total. The average molecular weight is 867 g/mol. The highest BCUT2D eigenvalue weighted by atomic mass is 16.5. The zero-order chi connectivity index (χ0) is 45.3. The van der Waals surface area contributed by atoms with Gasteiger partial charge in [-0.3, -0.25) is 28.8 Å². The Kier molecular flexibility index (Phi) is 15.5. The number of primary amides is 1. The number of fused-ring (bicyclic) bond motifs is 5. The fourth-order valence-electron chi connectivity index (χ4n) is 9.91. The molecule has 15 heteroatoms. The molecule has 6 amide bonds. The molecule has 0 bridgehead atoms. The fraction of sp³-hybridized carbons (Fsp3) is 0.500. The van der Waals surface area contributed by atoms with E-state index >= 15 is 0 Å². The lowest BCUT2D eigenvalue weighted by Gasteiger charge is -2.50. The van der Waals surface area contributed by atoms with Gasteiger partial charge in [0.1, 0.15) is 29.6 Å². The quantitative estimate of drug-likeness (QED) is 0.0883. The Morgan fingerprint density at radius 1 is 0.762 bits per heavy atom. The zero-order valence-electron chi connectivity index (χ0n) is 36.4. The molecule has 3 aliphatic carbocycles. The molecule has 63 heavy (non-hydrogen) atoms. The minimum atomic E-state index is -1.12. The number of phenols is 1. The average Bonchev–Trinajstić information content (AvgIpc) is 3.57. The van der Waals surface area contributed by atoms with Gasteiger partial charge in [-0.25, -0.2) is 0 Å². The van der Waals surface area contributed by atoms with Crippen molar-refractivity contribution >= 4 is 35.4 Å². The lowest BCUT2D eigenvalue weighted by Crippen LogP contribution is -2.55. The van der Waals surface area contributed by atoms with Gasteiger partial charge >= 0.3 is 0 Å². The highest BCUT2D eigenvalue weighted by Gasteiger charge is 2.54. The summed E-state index contributed by atoms with van der Waals surface area (Å²) in [5.41, 5.74) is 9.46. The van der Waals surface area contributed by atoms with Crippen molar-refractivity contribution in [1.82, 2.24) is 26.6 Å². The van der Waals surface area contributed by atoms with Gasteiger partial charge in [-0.1, -0.05) is 69.3 Å². The van der Waals surface area contributed by atoms with Gasteiger partial charge in [-0.2, -0.15) is 0 Å². The number of benzene rings is 3. The number of aryl methyl sites for hydroxylation is 1. The molecule has 3 aliphatic rings. The van der Waals surface area contributed by atoms with E-state index in [1.807, 2.05) is 32.0 Å². The Morgan fingerprint density at radius 3 is 2.13 bits per heavy atom. The first-order valence-electron chi connectivity index (χ1n) is 22.1. The van der Waals surface area contributed by atoms with Crippen LogP contribution in [0, 0.1) is 23.2 Å². The summed E-state index contributed by atoms with van der Waals surface area (Å²) in [6.07, 6.45) is 6.19. The summed E-state index contributed by atoms with van der Waals surface area (Å²) in [7, 11) is 0. The van der Waals surface area contributed by atoms with Gasteiger partial charge in [0, 0.05) is 12.8 Å². The molecular weight excluding hydrogens is 805 g/mol. The van der Waals surface area contributed by atoms with E-state index in [9.17, 15) is 39.0 Å². The molecule has 2 fully saturated rings. The molecule has 0 radical (unpaired) electrons. The first-order chi connectivity index (χ1) is 30.1. The number of hydrogen-bond donors (Lipinski definition) is 8. The summed E-state index contributed by atoms with van der Waals surface area (Å²) < 4.78 is 5.93. The minimum Gasteiger partial charge on any atom is -0.508 e. The first-order valence-corrected chi connectivity index (χ1v) is 22.1. The van der Waals surface area contributed by atoms with Crippen LogP contribution in [-0.4, -0.2) is 89.6 Å². The Hall–Kier alpha value is -5.96. The van der Waals surface area contributed by atoms with E-state index < -0.39 is 66.7 Å². The SMILES string of the molecule is CC(C)C[C@@H](NC(=O)[C@@H](Cc1ccccc1)NC(=O)CNC(=O)CNC(=O)[C@@H](Cc1ccc(O)cc1)NC(=O)COc1ccc2c(c1)CC[C@@H]1[C@@H]2CC[C@]2(C)C(O)CC[C@@H]12)C(N)=O. The number of rotatable bonds is 19. The number of carbonyl (C=O) groups is 6. The van der Waals surface area contributed by atoms with Gasteiger partial charge in [0.2, 0.25) is 29.5 Å². The minimum absolute atomic E-state index is 0.000144. The summed E-state index contributed by atoms with van der Waals surface area (Å²) in [6.45, 7) is 4.63. The van der Waals surface area contributed by atoms with E-state index in [2.05, 4.69) is 39.6 Å². The number of aliphatic hydroxyl groups excluding tert-OH is 1. The second kappa shape index (κ2) is 20.9. The number of carbonyl (C=O) groups excluding carboxylic acids is 6. The Balaban J connectivity index is 1.01. The molecule has 6 rings (SSSR count). The third-order valence-corrected chi connectivity index (χ3v) is 13.2. The van der Waals surface area contributed by atoms with E-state index in [1.165, 1.54) is 23.3 Å². The maximum atomic E-state index is 13.5. The molecule has 0 heterocycles. The lowest BCUT2D eigenvalue weighted by atomic mass is 9.55. The van der Waals surface area contributed by atoms with Crippen molar-refractivity contribution in [3.05, 3.63) is 95.1 Å². The molecule has 0 spiro atoms. The second-order valence-corrected chi connectivity index (χ2v) is 18.1. The van der Waals surface area contributed by atoms with Crippen LogP contribution >= 0.6 is 0 Å². The van der Waals surface area contributed by atoms with Crippen molar-refractivity contribution in [2.24, 2.45) is 28.9 Å². The Morgan fingerprint density at radius 2 is 1.43 bits per heavy atom. The molecule has 0 aromatic heterocycles. The smallest absolute Gasteiger partial charge is 0.258 e. The van der Waals surface area contributed by atoms with Crippen LogP contribution in [0.3, 0.4) is 0 Å². The molecule has 3 aromatic carbocycles. The normalized spacial score (nSPS) is 22.5. The van der Waals surface area contributed by atoms with E-state index in [1.54, 1.807) is 36.4 Å². The highest BCUT2D eigenvalue weighted by Crippen LogP contribution is 2.61. The molecule has 2 saturated carbocycles. The van der Waals surface area contributed by atoms with Crippen molar-refractivity contribution in [1.29, 1.82) is 0 Å². The molecular formula is C48H62N6O9. The topological polar surface area (TPSA) is 238 Å². The van der Waals surface area contributed by atoms with Crippen LogP contribution in [0.1, 0.15) is 87.5 Å². The van der Waals surface area contributed by atoms with Gasteiger partial charge in [0.25, 0.3) is 5.91 Å². The Bertz CT molecular complexity index is 2110. The molecule has 0 aliphatic heterocycles. The van der Waals surface area contributed by atoms with Crippen LogP contribution in [0.5, 0.6) is 11.5 Å². The first kappa shape index (κ1) is 46.5. The monoisotopic (exact) mass is 866 g/mol. The van der Waals surface area contributed by atoms with Crippen molar-refractivity contribution in [2.75, 3.05) is 19.7 Å². The number of nitrogens with one attached hydrogen (secondary N) is 5. The summed E-state index contributed by atoms with van der Waals surface area (Å²) >= 11 is 0. The summed E-state index contributed by atoms with van der Waals surface area (Å²) in [5, 5.41) is 33.5. The summed E-state index contributed by atoms with van der Waals surface area (Å²) in [4.78, 5) is 78.0. The van der Waals surface area contributed by atoms with Gasteiger partial charge in [-0.15, -0.1) is 0 Å². The molecule has 9 N–H and O–H groups in total. The standard InChI is InChI=1S/C48H62N6O9/c1-28(2)21-38(45(49)60)54-47(62)40(22-29-7-5-4-6-8-29)52-43(58)26-50-42(57)25-51-46(61)39(23-30-9-12-32(55)13-10-30)53-44(59)27-63-33-14-16-34-31(24-33)11-15-36-35(34)19-20-48(3)37(36)17-18-41(48)56/h4-10,12-14,16,24,28,35-41,55-56H,11,15,17-23,25-27H2,1-3H3,(H2,49,60)(H,50,57)(H,51,61)(H,52,58)(H,53,59)(H,54,62)/t35-,36-,37+,38-,39-,40-,41?,48+/m1/s1. The third kappa shape index (κ3) is 12.2. The van der Waals surface area contributed by atoms with Crippen LogP contribution in [-0.2, 0) is 48.0 Å². The van der Waals surface area contributed by atoms with E-state index in [0.717, 1.165) is 44.1 Å². The summed E-state index contributed by atoms with van der Waals surface area (Å²) in [6, 6.07) is 18.0. The third-order valence-electron chi connectivity index (χ3n) is 13.2. The number of nitrogens with two attached hydrogens (primary N) is 1. The molecule has 1 unspecified atom stereocenters. The van der Waals surface area contributed by atoms with Crippen LogP contribution < -0.4 is 37.1 Å². The van der Waals surface area contributed by atoms with E-state index in [-0.39, 0.29) is 42.6 Å². The van der Waals surface area contributed by atoms with Crippen LogP contribution in [0.25, 0.3) is 0 Å². The number of amides is 6. The van der Waals surface area contributed by atoms with Crippen LogP contribution in [0.15, 0.2) is 72.8 Å². The molecule has 3 aromatic rings. The second-order valence-electron chi connectivity index (χ2n) is 18.1. The molecule has 8 atom stereocenters. The number of phenolic OH excluding ortho intramolecular Hbond substituents is 1. The lowest BCUT2D eigenvalue weighted by molar-refractivity contribution is -0.132. The van der Waals surface area contributed by atoms with E-state index in [0.29, 0.717) is 35.5 Å². The summed E-state index contributed by atoms with van der Waals surface area (Å²) in [5.74, 6) is -1.75. The van der Waals surface area contributed by atoms with E-state index in [4.69, 9.17) is 10.5 Å². The highest BCUT2D eigenvalue weighted by molar-refractivity contribution is 5.94. The van der Waals surface area contributed by atoms with Crippen molar-refractivity contribution in [3.8, 4) is 11.5 Å². The number of ether oxygens (including phenoxy) is 1. The molecule has 0 saturated heterocycles. The van der Waals surface area contributed by atoms with Gasteiger partial charge in [0.05, 0.1) is 19.2 Å². The number of aliphatic hydroxyl groups is 1. The zero-order valence-corrected chi connectivity index (χ0v) is 36.4. The van der Waals surface area contributed by atoms with Crippen molar-refractivity contribution in [2.45, 2.75) is 109 Å². The maximum Gasteiger partial charge on any atom is 0.258 e. The number of hydrogen-bond acceptors (Lipinski definition) is 9.